The van der Waals surface area contributed by atoms with Crippen molar-refractivity contribution in [3.63, 3.8) is 0 Å². The number of H-pyrrole nitrogens is 1. The highest BCUT2D eigenvalue weighted by molar-refractivity contribution is 7.89. The number of aromatic nitrogens is 4. The van der Waals surface area contributed by atoms with Gasteiger partial charge in [0.25, 0.3) is 0 Å². The molecule has 0 radical (unpaired) electrons. The number of aryl methyl sites for hydroxylation is 2. The molecule has 29 heavy (non-hydrogen) atoms. The van der Waals surface area contributed by atoms with Crippen LogP contribution in [0.15, 0.2) is 47.6 Å². The first-order valence-electron chi connectivity index (χ1n) is 9.28. The molecule has 152 valence electrons. The smallest absolute Gasteiger partial charge is 0.240 e. The average Bonchev–Trinajstić information content (AvgIpc) is 3.26. The number of fused-ring (bicyclic) bond motifs is 1. The fourth-order valence-corrected chi connectivity index (χ4v) is 4.33. The van der Waals surface area contributed by atoms with E-state index >= 15 is 0 Å². The standard InChI is InChI=1S/C19H23N7O2S/c1-4-20-29(27,28)16-7-5-6-15(9-16)25-11-18-21-14(3)10-26(18)19(12-25)22-17-8-13(2)23-24-17/h5-10,12,20H,4,11H2,1-3H3,(H2,22,23,24). The van der Waals surface area contributed by atoms with Crippen LogP contribution in [0, 0.1) is 13.8 Å². The molecule has 0 fully saturated rings. The van der Waals surface area contributed by atoms with E-state index in [2.05, 4.69) is 25.2 Å². The Kier molecular flexibility index (Phi) is 4.89. The highest BCUT2D eigenvalue weighted by atomic mass is 32.2. The maximum Gasteiger partial charge on any atom is 0.240 e. The number of anilines is 2. The van der Waals surface area contributed by atoms with Crippen molar-refractivity contribution in [2.24, 2.45) is 0 Å². The van der Waals surface area contributed by atoms with E-state index in [-0.39, 0.29) is 4.90 Å². The van der Waals surface area contributed by atoms with Gasteiger partial charge in [-0.2, -0.15) is 5.10 Å². The fourth-order valence-electron chi connectivity index (χ4n) is 3.25. The first-order chi connectivity index (χ1) is 13.9. The molecule has 2 aromatic heterocycles. The molecule has 4 rings (SSSR count). The molecule has 0 unspecified atom stereocenters. The summed E-state index contributed by atoms with van der Waals surface area (Å²) >= 11 is 0. The number of hydrogen-bond donors (Lipinski definition) is 3. The lowest BCUT2D eigenvalue weighted by Gasteiger charge is -2.28. The minimum absolute atomic E-state index is 0.229. The van der Waals surface area contributed by atoms with Crippen molar-refractivity contribution in [2.75, 3.05) is 16.8 Å². The lowest BCUT2D eigenvalue weighted by atomic mass is 10.2. The third-order valence-corrected chi connectivity index (χ3v) is 6.05. The van der Waals surface area contributed by atoms with Crippen LogP contribution in [0.1, 0.15) is 24.1 Å². The van der Waals surface area contributed by atoms with Gasteiger partial charge in [0.05, 0.1) is 17.1 Å². The molecule has 0 saturated heterocycles. The van der Waals surface area contributed by atoms with Gasteiger partial charge in [0.15, 0.2) is 5.82 Å². The van der Waals surface area contributed by atoms with Crippen LogP contribution in [0.25, 0.3) is 5.82 Å². The van der Waals surface area contributed by atoms with Crippen LogP contribution in [-0.2, 0) is 16.6 Å². The largest absolute Gasteiger partial charge is 0.337 e. The molecule has 1 aliphatic rings. The van der Waals surface area contributed by atoms with Gasteiger partial charge in [0, 0.05) is 36.4 Å². The second-order valence-corrected chi connectivity index (χ2v) is 8.64. The number of imidazole rings is 1. The molecule has 0 saturated carbocycles. The van der Waals surface area contributed by atoms with Gasteiger partial charge in [0.1, 0.15) is 11.6 Å². The molecule has 3 heterocycles. The normalized spacial score (nSPS) is 13.9. The summed E-state index contributed by atoms with van der Waals surface area (Å²) in [6.45, 7) is 6.48. The lowest BCUT2D eigenvalue weighted by molar-refractivity contribution is 0.584. The van der Waals surface area contributed by atoms with E-state index < -0.39 is 10.0 Å². The Bertz CT molecular complexity index is 1180. The molecule has 0 atom stereocenters. The molecule has 0 bridgehead atoms. The van der Waals surface area contributed by atoms with Gasteiger partial charge in [-0.15, -0.1) is 0 Å². The molecule has 1 aromatic carbocycles. The van der Waals surface area contributed by atoms with Gasteiger partial charge >= 0.3 is 0 Å². The zero-order valence-corrected chi connectivity index (χ0v) is 17.3. The van der Waals surface area contributed by atoms with Crippen molar-refractivity contribution in [1.82, 2.24) is 24.5 Å². The number of nitrogens with zero attached hydrogens (tertiary/aromatic N) is 4. The van der Waals surface area contributed by atoms with Crippen LogP contribution in [0.5, 0.6) is 0 Å². The Morgan fingerprint density at radius 2 is 2.07 bits per heavy atom. The molecular weight excluding hydrogens is 390 g/mol. The Morgan fingerprint density at radius 3 is 2.79 bits per heavy atom. The van der Waals surface area contributed by atoms with E-state index in [1.54, 1.807) is 25.1 Å². The molecule has 0 spiro atoms. The van der Waals surface area contributed by atoms with Crippen molar-refractivity contribution in [3.8, 4) is 0 Å². The Morgan fingerprint density at radius 1 is 1.24 bits per heavy atom. The molecule has 0 amide bonds. The number of rotatable bonds is 6. The van der Waals surface area contributed by atoms with Crippen molar-refractivity contribution in [3.05, 3.63) is 59.9 Å². The summed E-state index contributed by atoms with van der Waals surface area (Å²) in [5.41, 5.74) is 2.61. The topological polar surface area (TPSA) is 108 Å². The molecule has 3 aromatic rings. The van der Waals surface area contributed by atoms with E-state index in [1.165, 1.54) is 0 Å². The maximum atomic E-state index is 12.4. The van der Waals surface area contributed by atoms with E-state index in [9.17, 15) is 8.42 Å². The summed E-state index contributed by atoms with van der Waals surface area (Å²) in [6, 6.07) is 8.78. The zero-order chi connectivity index (χ0) is 20.6. The number of hydrogen-bond acceptors (Lipinski definition) is 6. The van der Waals surface area contributed by atoms with E-state index in [1.807, 2.05) is 47.8 Å². The summed E-state index contributed by atoms with van der Waals surface area (Å²) in [5, 5.41) is 10.5. The van der Waals surface area contributed by atoms with Gasteiger partial charge in [-0.25, -0.2) is 18.1 Å². The second-order valence-electron chi connectivity index (χ2n) is 6.87. The summed E-state index contributed by atoms with van der Waals surface area (Å²) < 4.78 is 29.3. The fraction of sp³-hybridized carbons (Fsp3) is 0.263. The lowest BCUT2D eigenvalue weighted by Crippen LogP contribution is -2.27. The molecule has 10 heteroatoms. The van der Waals surface area contributed by atoms with Crippen LogP contribution in [-0.4, -0.2) is 34.7 Å². The summed E-state index contributed by atoms with van der Waals surface area (Å²) in [4.78, 5) is 6.80. The van der Waals surface area contributed by atoms with Crippen LogP contribution in [0.4, 0.5) is 11.5 Å². The molecular formula is C19H23N7O2S. The number of sulfonamides is 1. The Labute approximate surface area is 169 Å². The predicted octanol–water partition coefficient (Wildman–Crippen LogP) is 2.41. The monoisotopic (exact) mass is 413 g/mol. The first-order valence-corrected chi connectivity index (χ1v) is 10.8. The molecule has 3 N–H and O–H groups in total. The second kappa shape index (κ2) is 7.37. The first kappa shape index (κ1) is 19.2. The van der Waals surface area contributed by atoms with Gasteiger partial charge in [-0.1, -0.05) is 13.0 Å². The summed E-state index contributed by atoms with van der Waals surface area (Å²) in [7, 11) is -3.54. The van der Waals surface area contributed by atoms with Crippen molar-refractivity contribution >= 4 is 27.3 Å². The highest BCUT2D eigenvalue weighted by Gasteiger charge is 2.22. The SMILES string of the molecule is CCNS(=O)(=O)c1cccc(N2C=C(Nc3cc(C)[nH]n3)n3cc(C)nc3C2)c1. The minimum atomic E-state index is -3.54. The van der Waals surface area contributed by atoms with E-state index in [0.29, 0.717) is 18.9 Å². The Hall–Kier alpha value is -3.11. The van der Waals surface area contributed by atoms with Crippen molar-refractivity contribution < 1.29 is 8.42 Å². The van der Waals surface area contributed by atoms with Crippen LogP contribution in [0.3, 0.4) is 0 Å². The zero-order valence-electron chi connectivity index (χ0n) is 16.5. The van der Waals surface area contributed by atoms with Crippen molar-refractivity contribution in [1.29, 1.82) is 0 Å². The quantitative estimate of drug-likeness (QED) is 0.573. The van der Waals surface area contributed by atoms with Crippen LogP contribution in [0.2, 0.25) is 0 Å². The number of nitrogens with one attached hydrogen (secondary N) is 3. The van der Waals surface area contributed by atoms with Crippen LogP contribution < -0.4 is 14.9 Å². The van der Waals surface area contributed by atoms with Crippen LogP contribution >= 0.6 is 0 Å². The van der Waals surface area contributed by atoms with Gasteiger partial charge in [0.2, 0.25) is 10.0 Å². The number of benzene rings is 1. The summed E-state index contributed by atoms with van der Waals surface area (Å²) in [5.74, 6) is 2.31. The van der Waals surface area contributed by atoms with Crippen molar-refractivity contribution in [2.45, 2.75) is 32.2 Å². The Balaban J connectivity index is 1.72. The molecule has 9 nitrogen and oxygen atoms in total. The van der Waals surface area contributed by atoms with E-state index in [4.69, 9.17) is 0 Å². The third kappa shape index (κ3) is 3.89. The number of aromatic amines is 1. The minimum Gasteiger partial charge on any atom is -0.337 e. The molecule has 1 aliphatic heterocycles. The average molecular weight is 414 g/mol. The predicted molar refractivity (Wildman–Crippen MR) is 112 cm³/mol. The van der Waals surface area contributed by atoms with Gasteiger partial charge < -0.3 is 10.2 Å². The van der Waals surface area contributed by atoms with Gasteiger partial charge in [-0.3, -0.25) is 9.67 Å². The molecule has 0 aliphatic carbocycles. The third-order valence-electron chi connectivity index (χ3n) is 4.50. The maximum absolute atomic E-state index is 12.4. The van der Waals surface area contributed by atoms with Gasteiger partial charge in [-0.05, 0) is 32.0 Å². The highest BCUT2D eigenvalue weighted by Crippen LogP contribution is 2.27. The summed E-state index contributed by atoms with van der Waals surface area (Å²) in [6.07, 6.45) is 3.88. The van der Waals surface area contributed by atoms with E-state index in [0.717, 1.165) is 28.7 Å².